The van der Waals surface area contributed by atoms with Crippen LogP contribution in [-0.2, 0) is 22.6 Å². The molecule has 4 aromatic rings. The van der Waals surface area contributed by atoms with Gasteiger partial charge in [0.15, 0.2) is 0 Å². The summed E-state index contributed by atoms with van der Waals surface area (Å²) >= 11 is 7.27. The van der Waals surface area contributed by atoms with E-state index >= 15 is 13.2 Å². The molecule has 9 nitrogen and oxygen atoms in total. The number of aromatic nitrogens is 2. The average molecular weight is 714 g/mol. The molecule has 1 N–H and O–H groups in total. The Morgan fingerprint density at radius 2 is 1.80 bits per heavy atom. The van der Waals surface area contributed by atoms with E-state index in [1.54, 1.807) is 45.0 Å². The van der Waals surface area contributed by atoms with Crippen LogP contribution in [0.15, 0.2) is 76.0 Å². The van der Waals surface area contributed by atoms with Crippen molar-refractivity contribution in [1.29, 1.82) is 0 Å². The summed E-state index contributed by atoms with van der Waals surface area (Å²) < 4.78 is 57.5. The minimum absolute atomic E-state index is 0.0255. The van der Waals surface area contributed by atoms with Crippen molar-refractivity contribution in [3.63, 3.8) is 0 Å². The number of benzene rings is 3. The Balaban J connectivity index is 1.31. The Labute approximate surface area is 291 Å². The molecule has 1 saturated heterocycles. The number of nitrogens with one attached hydrogen (secondary N) is 1. The monoisotopic (exact) mass is 713 g/mol. The van der Waals surface area contributed by atoms with Gasteiger partial charge in [-0.1, -0.05) is 54.1 Å². The number of alkyl halides is 2. The van der Waals surface area contributed by atoms with Gasteiger partial charge < -0.3 is 19.4 Å². The van der Waals surface area contributed by atoms with Gasteiger partial charge in [-0.05, 0) is 56.2 Å². The van der Waals surface area contributed by atoms with Crippen LogP contribution in [-0.4, -0.2) is 63.5 Å². The van der Waals surface area contributed by atoms with Crippen LogP contribution < -0.4 is 10.2 Å². The van der Waals surface area contributed by atoms with E-state index in [9.17, 15) is 9.59 Å². The summed E-state index contributed by atoms with van der Waals surface area (Å²) in [5.74, 6) is -6.19. The van der Waals surface area contributed by atoms with Gasteiger partial charge in [-0.15, -0.1) is 22.0 Å². The van der Waals surface area contributed by atoms with Crippen molar-refractivity contribution in [2.24, 2.45) is 0 Å². The molecule has 258 valence electrons. The summed E-state index contributed by atoms with van der Waals surface area (Å²) in [6.45, 7) is 5.83. The third-order valence-electron chi connectivity index (χ3n) is 8.18. The smallest absolute Gasteiger partial charge is 0.408 e. The number of fused-ring (bicyclic) bond motifs is 1. The molecule has 1 unspecified atom stereocenters. The molecular formula is C35H35ClF3N5O4S. The molecule has 0 bridgehead atoms. The number of hydrogen-bond acceptors (Lipinski definition) is 8. The Kier molecular flexibility index (Phi) is 9.97. The number of rotatable bonds is 7. The van der Waals surface area contributed by atoms with Crippen molar-refractivity contribution in [2.45, 2.75) is 68.7 Å². The van der Waals surface area contributed by atoms with E-state index in [1.807, 2.05) is 35.2 Å². The molecule has 0 spiro atoms. The first-order valence-corrected chi connectivity index (χ1v) is 17.1. The summed E-state index contributed by atoms with van der Waals surface area (Å²) in [4.78, 5) is 30.5. The van der Waals surface area contributed by atoms with E-state index in [-0.39, 0.29) is 42.7 Å². The maximum Gasteiger partial charge on any atom is 0.408 e. The van der Waals surface area contributed by atoms with Gasteiger partial charge in [-0.25, -0.2) is 18.0 Å². The summed E-state index contributed by atoms with van der Waals surface area (Å²) in [5.41, 5.74) is 1.10. The van der Waals surface area contributed by atoms with Crippen LogP contribution in [0.3, 0.4) is 0 Å². The molecule has 3 heterocycles. The van der Waals surface area contributed by atoms with Crippen molar-refractivity contribution in [3.05, 3.63) is 94.6 Å². The molecule has 2 amide bonds. The van der Waals surface area contributed by atoms with Crippen LogP contribution in [0.5, 0.6) is 0 Å². The summed E-state index contributed by atoms with van der Waals surface area (Å²) in [6, 6.07) is 18.1. The fourth-order valence-corrected chi connectivity index (χ4v) is 6.97. The number of nitrogens with zero attached hydrogens (tertiary/aromatic N) is 4. The topological polar surface area (TPSA) is 101 Å². The zero-order valence-corrected chi connectivity index (χ0v) is 28.7. The fraction of sp³-hybridized carbons (Fsp3) is 0.371. The Morgan fingerprint density at radius 1 is 1.08 bits per heavy atom. The number of halogens is 4. The standard InChI is InChI=1S/C35H35ClF3N5O4S/c1-34(2,3)48-33(46)40-27-20-49-29-16-26(37)24(15-28(29)44(32(27)45)18-22-9-11-23(36)12-10-22)30-41-42-31(47-30)25-19-43(14-13-35(25,38)39)17-21-7-5-4-6-8-21/h4-12,15-16,25,27H,13-14,17-20H2,1-3H3,(H,40,46)/t25?,27-/m0/s1. The Bertz CT molecular complexity index is 1820. The minimum Gasteiger partial charge on any atom is -0.444 e. The van der Waals surface area contributed by atoms with Gasteiger partial charge in [-0.2, -0.15) is 0 Å². The molecule has 14 heteroatoms. The highest BCUT2D eigenvalue weighted by molar-refractivity contribution is 7.99. The van der Waals surface area contributed by atoms with Gasteiger partial charge in [0.1, 0.15) is 23.4 Å². The number of carbonyl (C=O) groups excluding carboxylic acids is 2. The van der Waals surface area contributed by atoms with E-state index in [0.717, 1.165) is 11.1 Å². The molecule has 1 aromatic heterocycles. The molecule has 0 radical (unpaired) electrons. The average Bonchev–Trinajstić information content (AvgIpc) is 3.48. The van der Waals surface area contributed by atoms with Crippen molar-refractivity contribution >= 4 is 41.1 Å². The van der Waals surface area contributed by atoms with Crippen LogP contribution in [0.2, 0.25) is 5.02 Å². The lowest BCUT2D eigenvalue weighted by Crippen LogP contribution is -2.50. The van der Waals surface area contributed by atoms with Gasteiger partial charge in [0.25, 0.3) is 17.7 Å². The lowest BCUT2D eigenvalue weighted by atomic mass is 9.93. The van der Waals surface area contributed by atoms with Crippen LogP contribution in [0, 0.1) is 5.82 Å². The van der Waals surface area contributed by atoms with Crippen molar-refractivity contribution < 1.29 is 31.9 Å². The molecule has 6 rings (SSSR count). The minimum atomic E-state index is -3.11. The molecule has 2 aliphatic heterocycles. The number of amides is 2. The van der Waals surface area contributed by atoms with Crippen molar-refractivity contribution in [2.75, 3.05) is 23.7 Å². The number of piperidine rings is 1. The Morgan fingerprint density at radius 3 is 2.51 bits per heavy atom. The van der Waals surface area contributed by atoms with Crippen LogP contribution in [0.25, 0.3) is 11.5 Å². The van der Waals surface area contributed by atoms with E-state index in [1.165, 1.54) is 28.8 Å². The van der Waals surface area contributed by atoms with E-state index < -0.39 is 47.7 Å². The lowest BCUT2D eigenvalue weighted by molar-refractivity contribution is -0.120. The molecule has 1 fully saturated rings. The van der Waals surface area contributed by atoms with Crippen molar-refractivity contribution in [1.82, 2.24) is 20.4 Å². The highest BCUT2D eigenvalue weighted by atomic mass is 35.5. The number of hydrogen-bond donors (Lipinski definition) is 1. The second-order valence-electron chi connectivity index (χ2n) is 13.1. The molecular weight excluding hydrogens is 679 g/mol. The maximum atomic E-state index is 15.8. The van der Waals surface area contributed by atoms with Gasteiger partial charge in [0.2, 0.25) is 5.89 Å². The van der Waals surface area contributed by atoms with Gasteiger partial charge in [0.05, 0.1) is 17.8 Å². The molecule has 0 saturated carbocycles. The predicted molar refractivity (Wildman–Crippen MR) is 180 cm³/mol. The fourth-order valence-electron chi connectivity index (χ4n) is 5.77. The summed E-state index contributed by atoms with van der Waals surface area (Å²) in [5, 5.41) is 11.1. The summed E-state index contributed by atoms with van der Waals surface area (Å²) in [6.07, 6.45) is -1.16. The molecule has 2 atom stereocenters. The predicted octanol–water partition coefficient (Wildman–Crippen LogP) is 7.69. The number of carbonyl (C=O) groups is 2. The zero-order chi connectivity index (χ0) is 34.9. The summed E-state index contributed by atoms with van der Waals surface area (Å²) in [7, 11) is 0. The molecule has 0 aliphatic carbocycles. The number of likely N-dealkylation sites (tertiary alicyclic amines) is 1. The van der Waals surface area contributed by atoms with Crippen molar-refractivity contribution in [3.8, 4) is 11.5 Å². The molecule has 3 aromatic carbocycles. The maximum absolute atomic E-state index is 15.8. The third kappa shape index (κ3) is 8.22. The highest BCUT2D eigenvalue weighted by Gasteiger charge is 2.48. The van der Waals surface area contributed by atoms with E-state index in [2.05, 4.69) is 15.5 Å². The zero-order valence-electron chi connectivity index (χ0n) is 27.1. The first-order valence-electron chi connectivity index (χ1n) is 15.8. The first kappa shape index (κ1) is 34.8. The number of ether oxygens (including phenoxy) is 1. The largest absolute Gasteiger partial charge is 0.444 e. The Hall–Kier alpha value is -4.07. The number of anilines is 1. The van der Waals surface area contributed by atoms with E-state index in [0.29, 0.717) is 22.2 Å². The third-order valence-corrected chi connectivity index (χ3v) is 9.57. The van der Waals surface area contributed by atoms with Gasteiger partial charge in [-0.3, -0.25) is 9.69 Å². The van der Waals surface area contributed by atoms with Gasteiger partial charge in [0, 0.05) is 41.7 Å². The number of alkyl carbamates (subject to hydrolysis) is 1. The van der Waals surface area contributed by atoms with Crippen LogP contribution >= 0.6 is 23.4 Å². The van der Waals surface area contributed by atoms with Gasteiger partial charge >= 0.3 is 6.09 Å². The SMILES string of the molecule is CC(C)(C)OC(=O)N[C@H]1CSc2cc(F)c(-c3nnc(C4CN(Cc5ccccc5)CCC4(F)F)o3)cc2N(Cc2ccc(Cl)cc2)C1=O. The first-order chi connectivity index (χ1) is 23.3. The lowest BCUT2D eigenvalue weighted by Gasteiger charge is -2.36. The quantitative estimate of drug-likeness (QED) is 0.208. The second kappa shape index (κ2) is 14.0. The van der Waals surface area contributed by atoms with Crippen LogP contribution in [0.1, 0.15) is 50.1 Å². The molecule has 49 heavy (non-hydrogen) atoms. The van der Waals surface area contributed by atoms with Crippen LogP contribution in [0.4, 0.5) is 23.7 Å². The van der Waals surface area contributed by atoms with E-state index in [4.69, 9.17) is 20.8 Å². The second-order valence-corrected chi connectivity index (χ2v) is 14.6. The highest BCUT2D eigenvalue weighted by Crippen LogP contribution is 2.43. The molecule has 2 aliphatic rings. The normalized spacial score (nSPS) is 19.7. The number of thioether (sulfide) groups is 1.